The van der Waals surface area contributed by atoms with Gasteiger partial charge in [-0.3, -0.25) is 0 Å². The molecule has 0 saturated carbocycles. The van der Waals surface area contributed by atoms with Gasteiger partial charge in [-0.2, -0.15) is 0 Å². The quantitative estimate of drug-likeness (QED) is 0.143. The molecule has 0 unspecified atom stereocenters. The van der Waals surface area contributed by atoms with Crippen molar-refractivity contribution in [1.29, 1.82) is 0 Å². The van der Waals surface area contributed by atoms with Crippen molar-refractivity contribution in [3.05, 3.63) is 72.3 Å². The summed E-state index contributed by atoms with van der Waals surface area (Å²) in [6.07, 6.45) is 9.17. The average molecular weight is 485 g/mol. The van der Waals surface area contributed by atoms with Crippen LogP contribution in [-0.4, -0.2) is 18.3 Å². The topological polar surface area (TPSA) is 38.7 Å². The molecule has 0 aliphatic rings. The molecule has 0 saturated heterocycles. The molecule has 0 radical (unpaired) electrons. The van der Waals surface area contributed by atoms with Crippen LogP contribution >= 0.6 is 0 Å². The Kier molecular flexibility index (Phi) is 9.63. The minimum Gasteiger partial charge on any atom is -0.493 e. The number of aliphatic hydroxyl groups excluding tert-OH is 1. The molecule has 0 amide bonds. The summed E-state index contributed by atoms with van der Waals surface area (Å²) in [5, 5.41) is 14.8. The smallest absolute Gasteiger partial charge is 0.131 e. The third-order valence-corrected chi connectivity index (χ3v) is 6.84. The zero-order valence-electron chi connectivity index (χ0n) is 21.9. The molecule has 0 spiro atoms. The molecule has 4 aromatic carbocycles. The van der Waals surface area contributed by atoms with Crippen molar-refractivity contribution in [2.75, 3.05) is 13.2 Å². The van der Waals surface area contributed by atoms with Gasteiger partial charge in [-0.25, -0.2) is 0 Å². The summed E-state index contributed by atoms with van der Waals surface area (Å²) >= 11 is 0. The van der Waals surface area contributed by atoms with Gasteiger partial charge in [0, 0.05) is 5.56 Å². The van der Waals surface area contributed by atoms with Crippen LogP contribution in [0, 0.1) is 0 Å². The van der Waals surface area contributed by atoms with Gasteiger partial charge >= 0.3 is 0 Å². The summed E-state index contributed by atoms with van der Waals surface area (Å²) < 4.78 is 12.9. The van der Waals surface area contributed by atoms with E-state index in [4.69, 9.17) is 9.47 Å². The Labute approximate surface area is 216 Å². The minimum atomic E-state index is -0.0467. The van der Waals surface area contributed by atoms with Gasteiger partial charge in [0.15, 0.2) is 0 Å². The molecule has 0 aliphatic carbocycles. The van der Waals surface area contributed by atoms with E-state index in [-0.39, 0.29) is 6.61 Å². The second kappa shape index (κ2) is 13.3. The molecule has 0 aliphatic heterocycles. The van der Waals surface area contributed by atoms with Gasteiger partial charge in [0.2, 0.25) is 0 Å². The molecule has 1 N–H and O–H groups in total. The van der Waals surface area contributed by atoms with Crippen LogP contribution < -0.4 is 9.47 Å². The van der Waals surface area contributed by atoms with Gasteiger partial charge in [0.25, 0.3) is 0 Å². The Bertz CT molecular complexity index is 1170. The Morgan fingerprint density at radius 2 is 1.08 bits per heavy atom. The third-order valence-electron chi connectivity index (χ3n) is 6.84. The average Bonchev–Trinajstić information content (AvgIpc) is 2.91. The monoisotopic (exact) mass is 484 g/mol. The van der Waals surface area contributed by atoms with E-state index in [1.165, 1.54) is 47.2 Å². The standard InChI is InChI=1S/C33H40O3/c1-3-5-7-13-19-35-30-21-25(24-34)22-31(36-20-14-8-6-4-2)33(30)32-28-17-11-9-15-26(28)23-27-16-10-12-18-29(27)32/h9-12,15-18,21-23,34H,3-8,13-14,19-20,24H2,1-2H3. The lowest BCUT2D eigenvalue weighted by atomic mass is 9.90. The first-order chi connectivity index (χ1) is 17.8. The van der Waals surface area contributed by atoms with Crippen LogP contribution in [0.25, 0.3) is 32.7 Å². The number of benzene rings is 4. The number of fused-ring (bicyclic) bond motifs is 2. The fourth-order valence-electron chi connectivity index (χ4n) is 4.91. The highest BCUT2D eigenvalue weighted by Crippen LogP contribution is 2.46. The zero-order chi connectivity index (χ0) is 25.2. The molecule has 0 heterocycles. The van der Waals surface area contributed by atoms with Gasteiger partial charge in [-0.05, 0) is 58.1 Å². The SMILES string of the molecule is CCCCCCOc1cc(CO)cc(OCCCCCC)c1-c1c2ccccc2cc2ccccc12. The molecular weight excluding hydrogens is 444 g/mol. The number of ether oxygens (including phenoxy) is 2. The van der Waals surface area contributed by atoms with E-state index >= 15 is 0 Å². The highest BCUT2D eigenvalue weighted by Gasteiger charge is 2.20. The molecule has 0 fully saturated rings. The first-order valence-electron chi connectivity index (χ1n) is 13.7. The summed E-state index contributed by atoms with van der Waals surface area (Å²) in [4.78, 5) is 0. The normalized spacial score (nSPS) is 11.3. The van der Waals surface area contributed by atoms with Crippen molar-refractivity contribution in [2.24, 2.45) is 0 Å². The van der Waals surface area contributed by atoms with E-state index < -0.39 is 0 Å². The lowest BCUT2D eigenvalue weighted by Crippen LogP contribution is -2.05. The summed E-state index contributed by atoms with van der Waals surface area (Å²) in [7, 11) is 0. The van der Waals surface area contributed by atoms with Crippen LogP contribution in [0.15, 0.2) is 66.7 Å². The van der Waals surface area contributed by atoms with Gasteiger partial charge in [0.1, 0.15) is 11.5 Å². The van der Waals surface area contributed by atoms with Crippen molar-refractivity contribution in [1.82, 2.24) is 0 Å². The van der Waals surface area contributed by atoms with Crippen LogP contribution in [0.1, 0.15) is 70.8 Å². The van der Waals surface area contributed by atoms with E-state index in [0.29, 0.717) is 13.2 Å². The molecule has 3 nitrogen and oxygen atoms in total. The Hall–Kier alpha value is -3.04. The van der Waals surface area contributed by atoms with Crippen LogP contribution in [0.4, 0.5) is 0 Å². The maximum absolute atomic E-state index is 10.1. The molecule has 190 valence electrons. The summed E-state index contributed by atoms with van der Waals surface area (Å²) in [6.45, 7) is 5.70. The second-order valence-corrected chi connectivity index (χ2v) is 9.64. The number of hydrogen-bond acceptors (Lipinski definition) is 3. The van der Waals surface area contributed by atoms with Crippen molar-refractivity contribution in [3.8, 4) is 22.6 Å². The molecule has 4 aromatic rings. The van der Waals surface area contributed by atoms with Crippen molar-refractivity contribution in [3.63, 3.8) is 0 Å². The first-order valence-corrected chi connectivity index (χ1v) is 13.7. The van der Waals surface area contributed by atoms with Crippen LogP contribution in [0.2, 0.25) is 0 Å². The largest absolute Gasteiger partial charge is 0.493 e. The van der Waals surface area contributed by atoms with Crippen molar-refractivity contribution < 1.29 is 14.6 Å². The number of unbranched alkanes of at least 4 members (excludes halogenated alkanes) is 6. The van der Waals surface area contributed by atoms with Crippen molar-refractivity contribution >= 4 is 21.5 Å². The van der Waals surface area contributed by atoms with E-state index in [1.54, 1.807) is 0 Å². The molecule has 36 heavy (non-hydrogen) atoms. The highest BCUT2D eigenvalue weighted by molar-refractivity contribution is 6.14. The predicted molar refractivity (Wildman–Crippen MR) is 152 cm³/mol. The maximum Gasteiger partial charge on any atom is 0.131 e. The Morgan fingerprint density at radius 3 is 1.56 bits per heavy atom. The molecule has 0 atom stereocenters. The Morgan fingerprint density at radius 1 is 0.583 bits per heavy atom. The zero-order valence-corrected chi connectivity index (χ0v) is 21.9. The molecule has 3 heteroatoms. The maximum atomic E-state index is 10.1. The third kappa shape index (κ3) is 6.20. The van der Waals surface area contributed by atoms with E-state index in [1.807, 2.05) is 12.1 Å². The summed E-state index contributed by atoms with van der Waals surface area (Å²) in [5.74, 6) is 1.59. The Balaban J connectivity index is 1.86. The first kappa shape index (κ1) is 26.0. The van der Waals surface area contributed by atoms with Gasteiger partial charge in [-0.1, -0.05) is 101 Å². The number of aliphatic hydroxyl groups is 1. The summed E-state index contributed by atoms with van der Waals surface area (Å²) in [5.41, 5.74) is 2.95. The number of hydrogen-bond donors (Lipinski definition) is 1. The molecular formula is C33H40O3. The van der Waals surface area contributed by atoms with Gasteiger partial charge in [-0.15, -0.1) is 0 Å². The van der Waals surface area contributed by atoms with Crippen LogP contribution in [0.3, 0.4) is 0 Å². The van der Waals surface area contributed by atoms with Gasteiger partial charge in [0.05, 0.1) is 25.4 Å². The lowest BCUT2D eigenvalue weighted by Gasteiger charge is -2.21. The molecule has 0 aromatic heterocycles. The predicted octanol–water partition coefficient (Wildman–Crippen LogP) is 9.07. The minimum absolute atomic E-state index is 0.0467. The van der Waals surface area contributed by atoms with E-state index in [9.17, 15) is 5.11 Å². The van der Waals surface area contributed by atoms with E-state index in [0.717, 1.165) is 53.9 Å². The summed E-state index contributed by atoms with van der Waals surface area (Å²) in [6, 6.07) is 23.3. The fraction of sp³-hybridized carbons (Fsp3) is 0.394. The van der Waals surface area contributed by atoms with Crippen LogP contribution in [-0.2, 0) is 6.61 Å². The molecule has 4 rings (SSSR count). The molecule has 0 bridgehead atoms. The van der Waals surface area contributed by atoms with E-state index in [2.05, 4.69) is 68.4 Å². The lowest BCUT2D eigenvalue weighted by molar-refractivity contribution is 0.272. The second-order valence-electron chi connectivity index (χ2n) is 9.64. The van der Waals surface area contributed by atoms with Gasteiger partial charge < -0.3 is 14.6 Å². The number of rotatable bonds is 14. The van der Waals surface area contributed by atoms with Crippen LogP contribution in [0.5, 0.6) is 11.5 Å². The fourth-order valence-corrected chi connectivity index (χ4v) is 4.91. The van der Waals surface area contributed by atoms with Crippen molar-refractivity contribution in [2.45, 2.75) is 71.8 Å². The highest BCUT2D eigenvalue weighted by atomic mass is 16.5.